The number of rotatable bonds is 5. The summed E-state index contributed by atoms with van der Waals surface area (Å²) >= 11 is 0. The maximum Gasteiger partial charge on any atom is 0.0519 e. The van der Waals surface area contributed by atoms with Crippen LogP contribution >= 0.6 is 0 Å². The summed E-state index contributed by atoms with van der Waals surface area (Å²) in [5, 5.41) is 0. The third-order valence-corrected chi connectivity index (χ3v) is 7.23. The van der Waals surface area contributed by atoms with Gasteiger partial charge in [0, 0.05) is 30.9 Å². The average molecular weight is 367 g/mol. The van der Waals surface area contributed by atoms with Gasteiger partial charge in [0.15, 0.2) is 0 Å². The fourth-order valence-electron chi connectivity index (χ4n) is 5.88. The molecule has 1 saturated carbocycles. The van der Waals surface area contributed by atoms with Crippen molar-refractivity contribution in [1.29, 1.82) is 0 Å². The standard InChI is InChI=1S/C26H26N2/c1-3-9-20(10-4-1)17-27(18-21-11-5-2-6-12-21)26-16-23(26)19-28-24-14-8-7-13-22(24)15-25(26)28/h1-14,23,25H,15-19H2/t23-,25+,26+/m1/s1. The molecule has 0 bridgehead atoms. The Labute approximate surface area is 167 Å². The van der Waals surface area contributed by atoms with E-state index in [9.17, 15) is 0 Å². The number of anilines is 1. The normalized spacial score (nSPS) is 26.8. The summed E-state index contributed by atoms with van der Waals surface area (Å²) in [6.07, 6.45) is 2.55. The van der Waals surface area contributed by atoms with E-state index in [2.05, 4.69) is 94.7 Å². The molecule has 0 radical (unpaired) electrons. The first kappa shape index (κ1) is 16.4. The minimum Gasteiger partial charge on any atom is -0.366 e. The zero-order valence-corrected chi connectivity index (χ0v) is 16.2. The predicted octanol–water partition coefficient (Wildman–Crippen LogP) is 4.89. The molecule has 0 spiro atoms. The lowest BCUT2D eigenvalue weighted by Crippen LogP contribution is -2.48. The molecule has 1 aliphatic carbocycles. The molecular formula is C26H26N2. The van der Waals surface area contributed by atoms with Crippen LogP contribution < -0.4 is 4.90 Å². The Morgan fingerprint density at radius 1 is 0.786 bits per heavy atom. The van der Waals surface area contributed by atoms with Crippen LogP contribution in [0.5, 0.6) is 0 Å². The van der Waals surface area contributed by atoms with Crippen molar-refractivity contribution in [3.8, 4) is 0 Å². The van der Waals surface area contributed by atoms with Gasteiger partial charge in [0.2, 0.25) is 0 Å². The largest absolute Gasteiger partial charge is 0.366 e. The fraction of sp³-hybridized carbons (Fsp3) is 0.308. The number of piperidine rings is 1. The second-order valence-corrected chi connectivity index (χ2v) is 8.72. The maximum atomic E-state index is 2.80. The summed E-state index contributed by atoms with van der Waals surface area (Å²) in [4.78, 5) is 5.52. The van der Waals surface area contributed by atoms with Crippen molar-refractivity contribution >= 4 is 5.69 Å². The van der Waals surface area contributed by atoms with Gasteiger partial charge in [-0.05, 0) is 41.5 Å². The molecule has 3 atom stereocenters. The van der Waals surface area contributed by atoms with Gasteiger partial charge in [0.1, 0.15) is 0 Å². The SMILES string of the molecule is c1ccc(CN(Cc2ccccc2)[C@@]23C[C@@H]2CN2c4ccccc4C[C@H]23)cc1. The molecule has 2 heteroatoms. The topological polar surface area (TPSA) is 6.48 Å². The van der Waals surface area contributed by atoms with E-state index in [0.717, 1.165) is 19.0 Å². The number of fused-ring (bicyclic) bond motifs is 5. The molecule has 2 nitrogen and oxygen atoms in total. The van der Waals surface area contributed by atoms with Gasteiger partial charge >= 0.3 is 0 Å². The second kappa shape index (κ2) is 6.22. The van der Waals surface area contributed by atoms with Gasteiger partial charge in [-0.3, -0.25) is 4.90 Å². The third-order valence-electron chi connectivity index (χ3n) is 7.23. The quantitative estimate of drug-likeness (QED) is 0.634. The van der Waals surface area contributed by atoms with Crippen molar-refractivity contribution in [3.63, 3.8) is 0 Å². The molecule has 3 aromatic rings. The van der Waals surface area contributed by atoms with Gasteiger partial charge in [0.05, 0.1) is 6.04 Å². The number of hydrogen-bond donors (Lipinski definition) is 0. The molecule has 2 aliphatic heterocycles. The number of nitrogens with zero attached hydrogens (tertiary/aromatic N) is 2. The van der Waals surface area contributed by atoms with Crippen LogP contribution in [0.1, 0.15) is 23.1 Å². The van der Waals surface area contributed by atoms with E-state index in [-0.39, 0.29) is 0 Å². The number of para-hydroxylation sites is 1. The average Bonchev–Trinajstić information content (AvgIpc) is 3.21. The molecule has 0 unspecified atom stereocenters. The Hall–Kier alpha value is -2.58. The van der Waals surface area contributed by atoms with Crippen LogP contribution in [-0.2, 0) is 19.5 Å². The van der Waals surface area contributed by atoms with E-state index < -0.39 is 0 Å². The highest BCUT2D eigenvalue weighted by Crippen LogP contribution is 2.62. The van der Waals surface area contributed by atoms with Gasteiger partial charge in [-0.25, -0.2) is 0 Å². The first-order valence-corrected chi connectivity index (χ1v) is 10.5. The lowest BCUT2D eigenvalue weighted by atomic mass is 9.97. The van der Waals surface area contributed by atoms with Crippen LogP contribution in [-0.4, -0.2) is 23.0 Å². The van der Waals surface area contributed by atoms with Gasteiger partial charge in [-0.2, -0.15) is 0 Å². The Balaban J connectivity index is 1.35. The molecule has 0 aromatic heterocycles. The van der Waals surface area contributed by atoms with Gasteiger partial charge in [-0.1, -0.05) is 78.9 Å². The molecule has 28 heavy (non-hydrogen) atoms. The first-order valence-electron chi connectivity index (χ1n) is 10.5. The second-order valence-electron chi connectivity index (χ2n) is 8.72. The highest BCUT2D eigenvalue weighted by atomic mass is 15.4. The zero-order chi connectivity index (χ0) is 18.6. The molecule has 2 heterocycles. The molecule has 0 N–H and O–H groups in total. The first-order chi connectivity index (χ1) is 13.8. The Morgan fingerprint density at radius 2 is 1.39 bits per heavy atom. The van der Waals surface area contributed by atoms with Crippen LogP contribution in [0.2, 0.25) is 0 Å². The van der Waals surface area contributed by atoms with Gasteiger partial charge in [-0.15, -0.1) is 0 Å². The molecule has 1 saturated heterocycles. The summed E-state index contributed by atoms with van der Waals surface area (Å²) in [5.41, 5.74) is 6.19. The maximum absolute atomic E-state index is 2.80. The van der Waals surface area contributed by atoms with E-state index in [4.69, 9.17) is 0 Å². The number of hydrogen-bond acceptors (Lipinski definition) is 2. The van der Waals surface area contributed by atoms with Crippen LogP contribution in [0, 0.1) is 5.92 Å². The summed E-state index contributed by atoms with van der Waals surface area (Å²) in [7, 11) is 0. The summed E-state index contributed by atoms with van der Waals surface area (Å²) in [5.74, 6) is 0.804. The fourth-order valence-corrected chi connectivity index (χ4v) is 5.88. The molecular weight excluding hydrogens is 340 g/mol. The molecule has 3 aromatic carbocycles. The Morgan fingerprint density at radius 3 is 2.07 bits per heavy atom. The summed E-state index contributed by atoms with van der Waals surface area (Å²) in [6, 6.07) is 31.7. The lowest BCUT2D eigenvalue weighted by molar-refractivity contribution is 0.136. The highest BCUT2D eigenvalue weighted by molar-refractivity contribution is 5.64. The number of benzene rings is 3. The minimum absolute atomic E-state index is 0.324. The molecule has 0 amide bonds. The molecule has 3 aliphatic rings. The summed E-state index contributed by atoms with van der Waals surface area (Å²) in [6.45, 7) is 3.29. The van der Waals surface area contributed by atoms with Crippen molar-refractivity contribution in [2.75, 3.05) is 11.4 Å². The highest BCUT2D eigenvalue weighted by Gasteiger charge is 2.69. The predicted molar refractivity (Wildman–Crippen MR) is 114 cm³/mol. The molecule has 2 fully saturated rings. The minimum atomic E-state index is 0.324. The smallest absolute Gasteiger partial charge is 0.0519 e. The van der Waals surface area contributed by atoms with Crippen LogP contribution in [0.25, 0.3) is 0 Å². The van der Waals surface area contributed by atoms with Crippen molar-refractivity contribution in [2.45, 2.75) is 37.5 Å². The molecule has 140 valence electrons. The van der Waals surface area contributed by atoms with Gasteiger partial charge in [0.25, 0.3) is 0 Å². The van der Waals surface area contributed by atoms with Crippen molar-refractivity contribution in [3.05, 3.63) is 102 Å². The van der Waals surface area contributed by atoms with E-state index in [1.807, 2.05) is 0 Å². The Kier molecular flexibility index (Phi) is 3.64. The lowest BCUT2D eigenvalue weighted by Gasteiger charge is -2.37. The zero-order valence-electron chi connectivity index (χ0n) is 16.2. The monoisotopic (exact) mass is 366 g/mol. The molecule has 6 rings (SSSR count). The third kappa shape index (κ3) is 2.44. The van der Waals surface area contributed by atoms with E-state index in [0.29, 0.717) is 11.6 Å². The van der Waals surface area contributed by atoms with Crippen LogP contribution in [0.4, 0.5) is 5.69 Å². The summed E-state index contributed by atoms with van der Waals surface area (Å²) < 4.78 is 0. The van der Waals surface area contributed by atoms with E-state index in [1.165, 1.54) is 41.8 Å². The van der Waals surface area contributed by atoms with Gasteiger partial charge < -0.3 is 4.90 Å². The van der Waals surface area contributed by atoms with Crippen molar-refractivity contribution < 1.29 is 0 Å². The van der Waals surface area contributed by atoms with Crippen LogP contribution in [0.3, 0.4) is 0 Å². The van der Waals surface area contributed by atoms with E-state index >= 15 is 0 Å². The van der Waals surface area contributed by atoms with Crippen molar-refractivity contribution in [1.82, 2.24) is 4.90 Å². The van der Waals surface area contributed by atoms with Crippen LogP contribution in [0.15, 0.2) is 84.9 Å². The van der Waals surface area contributed by atoms with E-state index in [1.54, 1.807) is 0 Å². The van der Waals surface area contributed by atoms with Crippen molar-refractivity contribution in [2.24, 2.45) is 5.92 Å². The Bertz CT molecular complexity index is 942.